The second-order valence-corrected chi connectivity index (χ2v) is 4.77. The molecule has 1 fully saturated rings. The van der Waals surface area contributed by atoms with Crippen LogP contribution in [0.25, 0.3) is 10.8 Å². The summed E-state index contributed by atoms with van der Waals surface area (Å²) in [6.07, 6.45) is 2.92. The van der Waals surface area contributed by atoms with E-state index in [0.29, 0.717) is 5.92 Å². The van der Waals surface area contributed by atoms with Gasteiger partial charge in [-0.3, -0.25) is 0 Å². The van der Waals surface area contributed by atoms with E-state index in [4.69, 9.17) is 0 Å². The molecule has 0 heterocycles. The lowest BCUT2D eigenvalue weighted by molar-refractivity contribution is 0.181. The van der Waals surface area contributed by atoms with Crippen LogP contribution in [0.4, 0.5) is 0 Å². The first-order valence-corrected chi connectivity index (χ1v) is 6.00. The maximum absolute atomic E-state index is 9.57. The van der Waals surface area contributed by atoms with Crippen molar-refractivity contribution in [3.8, 4) is 0 Å². The molecule has 1 nitrogen and oxygen atoms in total. The van der Waals surface area contributed by atoms with Gasteiger partial charge >= 0.3 is 0 Å². The monoisotopic (exact) mass is 212 g/mol. The van der Waals surface area contributed by atoms with Crippen molar-refractivity contribution in [2.75, 3.05) is 0 Å². The van der Waals surface area contributed by atoms with E-state index in [1.165, 1.54) is 16.3 Å². The minimum absolute atomic E-state index is 0.0866. The van der Waals surface area contributed by atoms with Gasteiger partial charge in [-0.05, 0) is 41.5 Å². The van der Waals surface area contributed by atoms with Gasteiger partial charge in [-0.2, -0.15) is 0 Å². The Balaban J connectivity index is 1.99. The average molecular weight is 212 g/mol. The van der Waals surface area contributed by atoms with Crippen molar-refractivity contribution in [2.45, 2.75) is 31.3 Å². The van der Waals surface area contributed by atoms with Gasteiger partial charge in [-0.1, -0.05) is 42.5 Å². The fourth-order valence-electron chi connectivity index (χ4n) is 2.72. The predicted molar refractivity (Wildman–Crippen MR) is 66.5 cm³/mol. The molecule has 1 aliphatic rings. The summed E-state index contributed by atoms with van der Waals surface area (Å²) in [6.45, 7) is 0. The molecule has 0 aliphatic heterocycles. The fraction of sp³-hybridized carbons (Fsp3) is 0.333. The number of benzene rings is 2. The number of hydrogen-bond acceptors (Lipinski definition) is 1. The summed E-state index contributed by atoms with van der Waals surface area (Å²) >= 11 is 0. The van der Waals surface area contributed by atoms with Gasteiger partial charge in [0.15, 0.2) is 0 Å². The highest BCUT2D eigenvalue weighted by atomic mass is 16.3. The summed E-state index contributed by atoms with van der Waals surface area (Å²) < 4.78 is 0. The van der Waals surface area contributed by atoms with E-state index in [1.54, 1.807) is 0 Å². The SMILES string of the molecule is OC1CCC(c2ccc3ccccc3c2)C1. The number of hydrogen-bond donors (Lipinski definition) is 1. The van der Waals surface area contributed by atoms with Crippen LogP contribution in [-0.4, -0.2) is 11.2 Å². The molecule has 0 saturated heterocycles. The molecule has 1 N–H and O–H groups in total. The molecule has 1 saturated carbocycles. The third-order valence-electron chi connectivity index (χ3n) is 3.65. The maximum Gasteiger partial charge on any atom is 0.0546 e. The number of aliphatic hydroxyl groups excluding tert-OH is 1. The molecule has 2 unspecified atom stereocenters. The Kier molecular flexibility index (Phi) is 2.41. The van der Waals surface area contributed by atoms with Gasteiger partial charge in [0.05, 0.1) is 6.10 Å². The summed E-state index contributed by atoms with van der Waals surface area (Å²) in [5, 5.41) is 12.2. The lowest BCUT2D eigenvalue weighted by Gasteiger charge is -2.10. The second kappa shape index (κ2) is 3.91. The molecular weight excluding hydrogens is 196 g/mol. The first-order valence-electron chi connectivity index (χ1n) is 6.00. The van der Waals surface area contributed by atoms with Crippen molar-refractivity contribution in [3.05, 3.63) is 48.0 Å². The molecule has 2 atom stereocenters. The van der Waals surface area contributed by atoms with Crippen LogP contribution >= 0.6 is 0 Å². The third-order valence-corrected chi connectivity index (χ3v) is 3.65. The van der Waals surface area contributed by atoms with Gasteiger partial charge in [-0.25, -0.2) is 0 Å². The normalized spacial score (nSPS) is 25.1. The Morgan fingerprint density at radius 1 is 0.938 bits per heavy atom. The zero-order chi connectivity index (χ0) is 11.0. The Hall–Kier alpha value is -1.34. The Morgan fingerprint density at radius 2 is 1.75 bits per heavy atom. The first-order chi connectivity index (χ1) is 7.83. The van der Waals surface area contributed by atoms with Gasteiger partial charge in [-0.15, -0.1) is 0 Å². The molecule has 16 heavy (non-hydrogen) atoms. The van der Waals surface area contributed by atoms with E-state index in [-0.39, 0.29) is 6.10 Å². The molecular formula is C15H16O. The minimum Gasteiger partial charge on any atom is -0.393 e. The average Bonchev–Trinajstić information content (AvgIpc) is 2.75. The molecule has 82 valence electrons. The van der Waals surface area contributed by atoms with Crippen molar-refractivity contribution in [1.82, 2.24) is 0 Å². The second-order valence-electron chi connectivity index (χ2n) is 4.77. The van der Waals surface area contributed by atoms with Crippen LogP contribution in [0, 0.1) is 0 Å². The van der Waals surface area contributed by atoms with E-state index in [1.807, 2.05) is 0 Å². The molecule has 1 aliphatic carbocycles. The highest BCUT2D eigenvalue weighted by molar-refractivity contribution is 5.83. The quantitative estimate of drug-likeness (QED) is 0.767. The Morgan fingerprint density at radius 3 is 2.50 bits per heavy atom. The van der Waals surface area contributed by atoms with E-state index in [9.17, 15) is 5.11 Å². The van der Waals surface area contributed by atoms with Crippen LogP contribution in [0.5, 0.6) is 0 Å². The van der Waals surface area contributed by atoms with Crippen molar-refractivity contribution in [2.24, 2.45) is 0 Å². The standard InChI is InChI=1S/C15H16O/c16-15-8-7-14(10-15)13-6-5-11-3-1-2-4-12(11)9-13/h1-6,9,14-16H,7-8,10H2. The van der Waals surface area contributed by atoms with Crippen LogP contribution < -0.4 is 0 Å². The topological polar surface area (TPSA) is 20.2 Å². The van der Waals surface area contributed by atoms with Gasteiger partial charge in [0.1, 0.15) is 0 Å². The summed E-state index contributed by atoms with van der Waals surface area (Å²) in [7, 11) is 0. The maximum atomic E-state index is 9.57. The van der Waals surface area contributed by atoms with Crippen molar-refractivity contribution in [3.63, 3.8) is 0 Å². The Labute approximate surface area is 95.7 Å². The fourth-order valence-corrected chi connectivity index (χ4v) is 2.72. The number of fused-ring (bicyclic) bond motifs is 1. The van der Waals surface area contributed by atoms with Gasteiger partial charge in [0.2, 0.25) is 0 Å². The van der Waals surface area contributed by atoms with Crippen molar-refractivity contribution >= 4 is 10.8 Å². The zero-order valence-electron chi connectivity index (χ0n) is 9.26. The highest BCUT2D eigenvalue weighted by Gasteiger charge is 2.23. The van der Waals surface area contributed by atoms with Crippen LogP contribution in [0.15, 0.2) is 42.5 Å². The zero-order valence-corrected chi connectivity index (χ0v) is 9.26. The number of rotatable bonds is 1. The van der Waals surface area contributed by atoms with Crippen molar-refractivity contribution < 1.29 is 5.11 Å². The summed E-state index contributed by atoms with van der Waals surface area (Å²) in [5.41, 5.74) is 1.38. The third kappa shape index (κ3) is 1.72. The van der Waals surface area contributed by atoms with Crippen LogP contribution in [0.2, 0.25) is 0 Å². The molecule has 0 amide bonds. The smallest absolute Gasteiger partial charge is 0.0546 e. The van der Waals surface area contributed by atoms with E-state index in [0.717, 1.165) is 19.3 Å². The lowest BCUT2D eigenvalue weighted by Crippen LogP contribution is -1.99. The van der Waals surface area contributed by atoms with Gasteiger partial charge in [0, 0.05) is 0 Å². The van der Waals surface area contributed by atoms with Gasteiger partial charge < -0.3 is 5.11 Å². The molecule has 0 aromatic heterocycles. The Bertz CT molecular complexity index is 504. The molecule has 2 aromatic carbocycles. The molecule has 3 rings (SSSR count). The molecule has 0 bridgehead atoms. The predicted octanol–water partition coefficient (Wildman–Crippen LogP) is 3.47. The van der Waals surface area contributed by atoms with E-state index >= 15 is 0 Å². The van der Waals surface area contributed by atoms with Gasteiger partial charge in [0.25, 0.3) is 0 Å². The largest absolute Gasteiger partial charge is 0.393 e. The van der Waals surface area contributed by atoms with E-state index in [2.05, 4.69) is 42.5 Å². The van der Waals surface area contributed by atoms with Crippen LogP contribution in [0.1, 0.15) is 30.7 Å². The summed E-state index contributed by atoms with van der Waals surface area (Å²) in [6, 6.07) is 15.1. The van der Waals surface area contributed by atoms with Crippen LogP contribution in [-0.2, 0) is 0 Å². The highest BCUT2D eigenvalue weighted by Crippen LogP contribution is 2.35. The van der Waals surface area contributed by atoms with Crippen LogP contribution in [0.3, 0.4) is 0 Å². The van der Waals surface area contributed by atoms with Crippen molar-refractivity contribution in [1.29, 1.82) is 0 Å². The minimum atomic E-state index is -0.0866. The molecule has 1 heteroatoms. The summed E-state index contributed by atoms with van der Waals surface area (Å²) in [4.78, 5) is 0. The first kappa shape index (κ1) is 9.86. The van der Waals surface area contributed by atoms with E-state index < -0.39 is 0 Å². The lowest BCUT2D eigenvalue weighted by atomic mass is 9.95. The molecule has 0 spiro atoms. The summed E-state index contributed by atoms with van der Waals surface area (Å²) in [5.74, 6) is 0.555. The molecule has 2 aromatic rings. The number of aliphatic hydroxyl groups is 1. The molecule has 0 radical (unpaired) electrons.